The van der Waals surface area contributed by atoms with Gasteiger partial charge in [-0.3, -0.25) is 14.1 Å². The number of carbonyl (C=O) groups excluding carboxylic acids is 1. The first-order chi connectivity index (χ1) is 17.1. The molecule has 4 rings (SSSR count). The molecule has 0 fully saturated rings. The van der Waals surface area contributed by atoms with Gasteiger partial charge in [-0.05, 0) is 50.0 Å². The van der Waals surface area contributed by atoms with E-state index in [0.717, 1.165) is 6.26 Å². The summed E-state index contributed by atoms with van der Waals surface area (Å²) in [6.07, 6.45) is 7.30. The van der Waals surface area contributed by atoms with Crippen LogP contribution in [0.1, 0.15) is 15.9 Å². The molecule has 1 amide bonds. The number of pyridine rings is 2. The van der Waals surface area contributed by atoms with Crippen molar-refractivity contribution >= 4 is 32.7 Å². The van der Waals surface area contributed by atoms with Crippen LogP contribution >= 0.6 is 0 Å². The number of hydrogen-bond acceptors (Lipinski definition) is 7. The number of rotatable bonds is 9. The van der Waals surface area contributed by atoms with Crippen molar-refractivity contribution in [3.05, 3.63) is 78.1 Å². The number of carbonyl (C=O) groups is 1. The van der Waals surface area contributed by atoms with Crippen LogP contribution in [0.15, 0.2) is 61.2 Å². The van der Waals surface area contributed by atoms with Gasteiger partial charge in [0.2, 0.25) is 10.0 Å². The highest BCUT2D eigenvalue weighted by Gasteiger charge is 2.19. The smallest absolute Gasteiger partial charge is 0.253 e. The first kappa shape index (κ1) is 25.2. The normalized spacial score (nSPS) is 11.7. The van der Waals surface area contributed by atoms with E-state index in [2.05, 4.69) is 20.4 Å². The van der Waals surface area contributed by atoms with Gasteiger partial charge in [-0.15, -0.1) is 0 Å². The number of likely N-dealkylation sites (N-methyl/N-ethyl adjacent to an activating group) is 1. The van der Waals surface area contributed by atoms with Crippen molar-refractivity contribution in [3.63, 3.8) is 0 Å². The van der Waals surface area contributed by atoms with E-state index in [1.165, 1.54) is 28.8 Å². The van der Waals surface area contributed by atoms with E-state index >= 15 is 0 Å². The third kappa shape index (κ3) is 5.66. The Kier molecular flexibility index (Phi) is 7.27. The Morgan fingerprint density at radius 1 is 1.03 bits per heavy atom. The Morgan fingerprint density at radius 3 is 2.42 bits per heavy atom. The maximum Gasteiger partial charge on any atom is 0.253 e. The van der Waals surface area contributed by atoms with Gasteiger partial charge in [0.1, 0.15) is 11.6 Å². The summed E-state index contributed by atoms with van der Waals surface area (Å²) in [7, 11) is 0.241. The van der Waals surface area contributed by atoms with Crippen molar-refractivity contribution in [2.75, 3.05) is 37.7 Å². The van der Waals surface area contributed by atoms with Gasteiger partial charge in [-0.1, -0.05) is 6.07 Å². The topological polar surface area (TPSA) is 113 Å². The summed E-state index contributed by atoms with van der Waals surface area (Å²) in [5, 5.41) is 7.78. The molecule has 10 nitrogen and oxygen atoms in total. The molecule has 3 aromatic heterocycles. The number of hydrogen-bond donors (Lipinski definition) is 1. The molecule has 12 heteroatoms. The van der Waals surface area contributed by atoms with Crippen molar-refractivity contribution in [2.24, 2.45) is 0 Å². The molecule has 0 unspecified atom stereocenters. The van der Waals surface area contributed by atoms with E-state index in [1.807, 2.05) is 19.0 Å². The molecule has 36 heavy (non-hydrogen) atoms. The Bertz CT molecular complexity index is 1470. The summed E-state index contributed by atoms with van der Waals surface area (Å²) in [6.45, 7) is 1.01. The number of anilines is 1. The largest absolute Gasteiger partial charge is 0.348 e. The Hall–Kier alpha value is -3.90. The quantitative estimate of drug-likeness (QED) is 0.367. The van der Waals surface area contributed by atoms with E-state index in [-0.39, 0.29) is 24.8 Å². The van der Waals surface area contributed by atoms with E-state index < -0.39 is 10.0 Å². The standard InChI is InChI=1S/C24H26FN7O3S/c1-30(2)10-11-31(36(3,34)35)23-9-4-17(12-27-23)13-28-24(33)21-14-26-16-22-20(21)15-29-32(22)19-7-5-18(25)6-8-19/h4-9,12,14-16H,10-11,13H2,1-3H3,(H,28,33). The van der Waals surface area contributed by atoms with Crippen LogP contribution in [0.2, 0.25) is 0 Å². The Balaban J connectivity index is 1.48. The number of halogens is 1. The lowest BCUT2D eigenvalue weighted by Gasteiger charge is -2.23. The van der Waals surface area contributed by atoms with Gasteiger partial charge in [-0.2, -0.15) is 5.10 Å². The van der Waals surface area contributed by atoms with E-state index in [1.54, 1.807) is 41.3 Å². The molecule has 0 radical (unpaired) electrons. The summed E-state index contributed by atoms with van der Waals surface area (Å²) in [4.78, 5) is 23.3. The maximum atomic E-state index is 13.3. The average molecular weight is 512 g/mol. The fraction of sp³-hybridized carbons (Fsp3) is 0.250. The zero-order valence-corrected chi connectivity index (χ0v) is 20.9. The number of benzene rings is 1. The number of fused-ring (bicyclic) bond motifs is 1. The lowest BCUT2D eigenvalue weighted by atomic mass is 10.1. The summed E-state index contributed by atoms with van der Waals surface area (Å²) >= 11 is 0. The molecule has 0 bridgehead atoms. The van der Waals surface area contributed by atoms with Crippen molar-refractivity contribution in [2.45, 2.75) is 6.54 Å². The predicted molar refractivity (Wildman–Crippen MR) is 135 cm³/mol. The molecule has 0 aliphatic rings. The molecule has 0 saturated heterocycles. The monoisotopic (exact) mass is 511 g/mol. The molecule has 1 N–H and O–H groups in total. The number of nitrogens with zero attached hydrogens (tertiary/aromatic N) is 6. The number of amides is 1. The highest BCUT2D eigenvalue weighted by atomic mass is 32.2. The minimum atomic E-state index is -3.49. The summed E-state index contributed by atoms with van der Waals surface area (Å²) in [6, 6.07) is 9.20. The van der Waals surface area contributed by atoms with Crippen LogP contribution in [-0.4, -0.2) is 72.4 Å². The van der Waals surface area contributed by atoms with Crippen molar-refractivity contribution < 1.29 is 17.6 Å². The number of aromatic nitrogens is 4. The van der Waals surface area contributed by atoms with Gasteiger partial charge in [-0.25, -0.2) is 22.5 Å². The first-order valence-electron chi connectivity index (χ1n) is 11.1. The highest BCUT2D eigenvalue weighted by Crippen LogP contribution is 2.21. The maximum absolute atomic E-state index is 13.3. The molecule has 188 valence electrons. The van der Waals surface area contributed by atoms with E-state index in [9.17, 15) is 17.6 Å². The number of nitrogens with one attached hydrogen (secondary N) is 1. The second kappa shape index (κ2) is 10.4. The van der Waals surface area contributed by atoms with Gasteiger partial charge < -0.3 is 10.2 Å². The zero-order valence-electron chi connectivity index (χ0n) is 20.1. The van der Waals surface area contributed by atoms with Crippen LogP contribution in [0.5, 0.6) is 0 Å². The molecule has 1 aromatic carbocycles. The van der Waals surface area contributed by atoms with Crippen LogP contribution in [0, 0.1) is 5.82 Å². The Morgan fingerprint density at radius 2 is 1.78 bits per heavy atom. The van der Waals surface area contributed by atoms with E-state index in [0.29, 0.717) is 40.1 Å². The third-order valence-electron chi connectivity index (χ3n) is 5.48. The molecule has 0 aliphatic heterocycles. The summed E-state index contributed by atoms with van der Waals surface area (Å²) < 4.78 is 40.5. The van der Waals surface area contributed by atoms with Crippen LogP contribution in [0.25, 0.3) is 16.6 Å². The fourth-order valence-corrected chi connectivity index (χ4v) is 4.46. The van der Waals surface area contributed by atoms with Gasteiger partial charge in [0, 0.05) is 37.4 Å². The SMILES string of the molecule is CN(C)CCN(c1ccc(CNC(=O)c2cncc3c2cnn3-c2ccc(F)cc2)cn1)S(C)(=O)=O. The van der Waals surface area contributed by atoms with Gasteiger partial charge in [0.25, 0.3) is 5.91 Å². The van der Waals surface area contributed by atoms with Gasteiger partial charge in [0.05, 0.1) is 35.4 Å². The van der Waals surface area contributed by atoms with Gasteiger partial charge in [0.15, 0.2) is 0 Å². The van der Waals surface area contributed by atoms with Gasteiger partial charge >= 0.3 is 0 Å². The van der Waals surface area contributed by atoms with E-state index in [4.69, 9.17) is 0 Å². The molecule has 4 aromatic rings. The molecule has 0 aliphatic carbocycles. The van der Waals surface area contributed by atoms with Crippen molar-refractivity contribution in [1.82, 2.24) is 30.0 Å². The third-order valence-corrected chi connectivity index (χ3v) is 6.65. The summed E-state index contributed by atoms with van der Waals surface area (Å²) in [5.74, 6) is -0.385. The minimum Gasteiger partial charge on any atom is -0.348 e. The minimum absolute atomic E-state index is 0.186. The predicted octanol–water partition coefficient (Wildman–Crippen LogP) is 2.21. The fourth-order valence-electron chi connectivity index (χ4n) is 3.60. The lowest BCUT2D eigenvalue weighted by molar-refractivity contribution is 0.0952. The first-order valence-corrected chi connectivity index (χ1v) is 12.9. The van der Waals surface area contributed by atoms with Crippen LogP contribution in [0.4, 0.5) is 10.2 Å². The van der Waals surface area contributed by atoms with Crippen LogP contribution in [-0.2, 0) is 16.6 Å². The van der Waals surface area contributed by atoms with Crippen molar-refractivity contribution in [3.8, 4) is 5.69 Å². The molecule has 0 spiro atoms. The second-order valence-electron chi connectivity index (χ2n) is 8.50. The summed E-state index contributed by atoms with van der Waals surface area (Å²) in [5.41, 5.74) is 2.30. The highest BCUT2D eigenvalue weighted by molar-refractivity contribution is 7.92. The average Bonchev–Trinajstić information content (AvgIpc) is 3.27. The zero-order chi connectivity index (χ0) is 25.9. The Labute approximate surface area is 208 Å². The molecule has 3 heterocycles. The molecule has 0 saturated carbocycles. The second-order valence-corrected chi connectivity index (χ2v) is 10.4. The van der Waals surface area contributed by atoms with Crippen molar-refractivity contribution in [1.29, 1.82) is 0 Å². The number of sulfonamides is 1. The van der Waals surface area contributed by atoms with Crippen LogP contribution in [0.3, 0.4) is 0 Å². The molecular formula is C24H26FN7O3S. The van der Waals surface area contributed by atoms with Crippen LogP contribution < -0.4 is 9.62 Å². The lowest BCUT2D eigenvalue weighted by Crippen LogP contribution is -2.36. The molecule has 0 atom stereocenters. The molecular weight excluding hydrogens is 485 g/mol.